The molecule has 136 valence electrons. The van der Waals surface area contributed by atoms with Gasteiger partial charge in [-0.15, -0.1) is 0 Å². The van der Waals surface area contributed by atoms with E-state index in [1.807, 2.05) is 18.2 Å². The summed E-state index contributed by atoms with van der Waals surface area (Å²) < 4.78 is 25.6. The van der Waals surface area contributed by atoms with E-state index in [4.69, 9.17) is 0 Å². The van der Waals surface area contributed by atoms with Crippen LogP contribution in [0.1, 0.15) is 24.0 Å². The summed E-state index contributed by atoms with van der Waals surface area (Å²) >= 11 is 0. The number of hydrogen-bond acceptors (Lipinski definition) is 3. The minimum Gasteiger partial charge on any atom is -0.352 e. The highest BCUT2D eigenvalue weighted by atomic mass is 32.2. The fraction of sp³-hybridized carbons (Fsp3) is 0.250. The van der Waals surface area contributed by atoms with Crippen molar-refractivity contribution in [3.05, 3.63) is 71.8 Å². The largest absolute Gasteiger partial charge is 0.352 e. The molecule has 1 saturated carbocycles. The number of amides is 1. The first-order valence-corrected chi connectivity index (χ1v) is 9.99. The van der Waals surface area contributed by atoms with Gasteiger partial charge >= 0.3 is 0 Å². The molecule has 6 heteroatoms. The highest BCUT2D eigenvalue weighted by Crippen LogP contribution is 2.47. The Hall–Kier alpha value is -2.44. The molecule has 1 aliphatic rings. The van der Waals surface area contributed by atoms with E-state index in [1.54, 1.807) is 18.2 Å². The summed E-state index contributed by atoms with van der Waals surface area (Å²) in [6.07, 6.45) is 5.32. The summed E-state index contributed by atoms with van der Waals surface area (Å²) in [6, 6.07) is 16.6. The number of hydrogen-bond donors (Lipinski definition) is 2. The van der Waals surface area contributed by atoms with Gasteiger partial charge in [0.1, 0.15) is 0 Å². The zero-order chi connectivity index (χ0) is 18.6. The Bertz CT molecular complexity index is 900. The Balaban J connectivity index is 1.57. The van der Waals surface area contributed by atoms with Gasteiger partial charge in [-0.2, -0.15) is 0 Å². The van der Waals surface area contributed by atoms with Gasteiger partial charge in [-0.3, -0.25) is 4.79 Å². The maximum Gasteiger partial charge on any atom is 0.244 e. The summed E-state index contributed by atoms with van der Waals surface area (Å²) in [5.74, 6) is -0.154. The van der Waals surface area contributed by atoms with Crippen molar-refractivity contribution in [2.45, 2.75) is 23.2 Å². The summed E-state index contributed by atoms with van der Waals surface area (Å²) in [6.45, 7) is 0.625. The molecule has 2 aromatic rings. The Kier molecular flexibility index (Phi) is 5.25. The minimum absolute atomic E-state index is 0.0773. The van der Waals surface area contributed by atoms with Gasteiger partial charge in [0.25, 0.3) is 0 Å². The SMILES string of the molecule is CNS(=O)(=O)c1ccc(/C=C/C(=O)NCC2(c3ccccc3)CC2)cc1. The van der Waals surface area contributed by atoms with E-state index in [0.29, 0.717) is 6.54 Å². The van der Waals surface area contributed by atoms with E-state index in [1.165, 1.54) is 30.8 Å². The lowest BCUT2D eigenvalue weighted by atomic mass is 9.96. The van der Waals surface area contributed by atoms with E-state index in [-0.39, 0.29) is 16.2 Å². The third-order valence-corrected chi connectivity index (χ3v) is 6.16. The number of sulfonamides is 1. The van der Waals surface area contributed by atoms with Crippen molar-refractivity contribution >= 4 is 22.0 Å². The molecule has 1 amide bonds. The van der Waals surface area contributed by atoms with Gasteiger partial charge in [0.15, 0.2) is 0 Å². The second-order valence-corrected chi connectivity index (χ2v) is 8.36. The van der Waals surface area contributed by atoms with Gasteiger partial charge in [-0.1, -0.05) is 42.5 Å². The molecule has 0 spiro atoms. The van der Waals surface area contributed by atoms with Crippen molar-refractivity contribution in [1.82, 2.24) is 10.0 Å². The Morgan fingerprint density at radius 2 is 1.73 bits per heavy atom. The van der Waals surface area contributed by atoms with Crippen LogP contribution in [0, 0.1) is 0 Å². The first kappa shape index (κ1) is 18.4. The van der Waals surface area contributed by atoms with Crippen LogP contribution in [-0.2, 0) is 20.2 Å². The van der Waals surface area contributed by atoms with Gasteiger partial charge in [-0.25, -0.2) is 13.1 Å². The third-order valence-electron chi connectivity index (χ3n) is 4.73. The van der Waals surface area contributed by atoms with Gasteiger partial charge in [0.05, 0.1) is 4.90 Å². The number of nitrogens with one attached hydrogen (secondary N) is 2. The molecule has 0 atom stereocenters. The molecular formula is C20H22N2O3S. The first-order valence-electron chi connectivity index (χ1n) is 8.50. The highest BCUT2D eigenvalue weighted by Gasteiger charge is 2.43. The van der Waals surface area contributed by atoms with Crippen molar-refractivity contribution in [2.24, 2.45) is 0 Å². The molecule has 26 heavy (non-hydrogen) atoms. The monoisotopic (exact) mass is 370 g/mol. The number of rotatable bonds is 7. The molecular weight excluding hydrogens is 348 g/mol. The number of carbonyl (C=O) groups is 1. The average molecular weight is 370 g/mol. The van der Waals surface area contributed by atoms with Crippen LogP contribution < -0.4 is 10.0 Å². The molecule has 1 fully saturated rings. The lowest BCUT2D eigenvalue weighted by Crippen LogP contribution is -2.30. The lowest BCUT2D eigenvalue weighted by Gasteiger charge is -2.15. The molecule has 3 rings (SSSR count). The molecule has 5 nitrogen and oxygen atoms in total. The van der Waals surface area contributed by atoms with E-state index in [2.05, 4.69) is 22.2 Å². The third kappa shape index (κ3) is 4.20. The van der Waals surface area contributed by atoms with E-state index >= 15 is 0 Å². The highest BCUT2D eigenvalue weighted by molar-refractivity contribution is 7.89. The summed E-state index contributed by atoms with van der Waals surface area (Å²) in [7, 11) is -2.07. The molecule has 2 N–H and O–H groups in total. The molecule has 2 aromatic carbocycles. The predicted octanol–water partition coefficient (Wildman–Crippen LogP) is 2.46. The quantitative estimate of drug-likeness (QED) is 0.735. The van der Waals surface area contributed by atoms with Crippen LogP contribution in [0.2, 0.25) is 0 Å². The van der Waals surface area contributed by atoms with E-state index in [0.717, 1.165) is 18.4 Å². The topological polar surface area (TPSA) is 75.3 Å². The standard InChI is InChI=1S/C20H22N2O3S/c1-21-26(24,25)18-10-7-16(8-11-18)9-12-19(23)22-15-20(13-14-20)17-5-3-2-4-6-17/h2-12,21H,13-15H2,1H3,(H,22,23)/b12-9+. The molecule has 0 aliphatic heterocycles. The summed E-state index contributed by atoms with van der Waals surface area (Å²) in [5.41, 5.74) is 2.11. The fourth-order valence-corrected chi connectivity index (χ4v) is 3.60. The molecule has 1 aliphatic carbocycles. The van der Waals surface area contributed by atoms with Crippen LogP contribution in [0.15, 0.2) is 65.6 Å². The van der Waals surface area contributed by atoms with E-state index < -0.39 is 10.0 Å². The van der Waals surface area contributed by atoms with Gasteiger partial charge in [-0.05, 0) is 49.2 Å². The van der Waals surface area contributed by atoms with Gasteiger partial charge < -0.3 is 5.32 Å². The molecule has 0 unspecified atom stereocenters. The average Bonchev–Trinajstić information content (AvgIpc) is 3.47. The smallest absolute Gasteiger partial charge is 0.244 e. The molecule has 0 saturated heterocycles. The molecule has 0 radical (unpaired) electrons. The Labute approximate surface area is 154 Å². The van der Waals surface area contributed by atoms with Crippen LogP contribution in [0.25, 0.3) is 6.08 Å². The van der Waals surface area contributed by atoms with Crippen LogP contribution >= 0.6 is 0 Å². The Morgan fingerprint density at radius 1 is 1.08 bits per heavy atom. The van der Waals surface area contributed by atoms with Crippen molar-refractivity contribution in [1.29, 1.82) is 0 Å². The van der Waals surface area contributed by atoms with Crippen molar-refractivity contribution < 1.29 is 13.2 Å². The van der Waals surface area contributed by atoms with E-state index in [9.17, 15) is 13.2 Å². The molecule has 0 bridgehead atoms. The van der Waals surface area contributed by atoms with Gasteiger partial charge in [0.2, 0.25) is 15.9 Å². The number of benzene rings is 2. The minimum atomic E-state index is -3.44. The van der Waals surface area contributed by atoms with Crippen LogP contribution in [0.5, 0.6) is 0 Å². The van der Waals surface area contributed by atoms with Crippen LogP contribution in [0.3, 0.4) is 0 Å². The lowest BCUT2D eigenvalue weighted by molar-refractivity contribution is -0.116. The van der Waals surface area contributed by atoms with Crippen LogP contribution in [0.4, 0.5) is 0 Å². The zero-order valence-corrected chi connectivity index (χ0v) is 15.4. The summed E-state index contributed by atoms with van der Waals surface area (Å²) in [4.78, 5) is 12.3. The molecule has 0 heterocycles. The normalized spacial score (nSPS) is 15.7. The second kappa shape index (κ2) is 7.43. The fourth-order valence-electron chi connectivity index (χ4n) is 2.87. The maximum absolute atomic E-state index is 12.1. The van der Waals surface area contributed by atoms with Crippen molar-refractivity contribution in [3.63, 3.8) is 0 Å². The van der Waals surface area contributed by atoms with Crippen LogP contribution in [-0.4, -0.2) is 27.9 Å². The molecule has 0 aromatic heterocycles. The predicted molar refractivity (Wildman–Crippen MR) is 102 cm³/mol. The second-order valence-electron chi connectivity index (χ2n) is 6.47. The van der Waals surface area contributed by atoms with Gasteiger partial charge in [0, 0.05) is 18.0 Å². The zero-order valence-electron chi connectivity index (χ0n) is 14.6. The maximum atomic E-state index is 12.1. The Morgan fingerprint density at radius 3 is 2.31 bits per heavy atom. The van der Waals surface area contributed by atoms with Crippen molar-refractivity contribution in [2.75, 3.05) is 13.6 Å². The first-order chi connectivity index (χ1) is 12.5. The van der Waals surface area contributed by atoms with Crippen molar-refractivity contribution in [3.8, 4) is 0 Å². The summed E-state index contributed by atoms with van der Waals surface area (Å²) in [5, 5.41) is 2.97. The number of carbonyl (C=O) groups excluding carboxylic acids is 1.